The molecule has 0 aliphatic carbocycles. The van der Waals surface area contributed by atoms with Crippen LogP contribution in [0.5, 0.6) is 0 Å². The zero-order valence-corrected chi connectivity index (χ0v) is 12.4. The molecule has 4 unspecified atom stereocenters. The molecule has 2 N–H and O–H groups in total. The van der Waals surface area contributed by atoms with E-state index in [2.05, 4.69) is 5.32 Å². The lowest BCUT2D eigenvalue weighted by Gasteiger charge is -2.23. The Morgan fingerprint density at radius 1 is 1.45 bits per heavy atom. The fourth-order valence-electron chi connectivity index (χ4n) is 2.36. The van der Waals surface area contributed by atoms with Crippen LogP contribution in [-0.2, 0) is 9.53 Å². The number of hydrogen-bond donors (Lipinski definition) is 2. The minimum atomic E-state index is -0.770. The van der Waals surface area contributed by atoms with Gasteiger partial charge in [0, 0.05) is 11.6 Å². The summed E-state index contributed by atoms with van der Waals surface area (Å²) >= 11 is 5.81. The average Bonchev–Trinajstić information content (AvgIpc) is 2.85. The van der Waals surface area contributed by atoms with E-state index in [0.717, 1.165) is 12.0 Å². The van der Waals surface area contributed by atoms with Gasteiger partial charge in [-0.2, -0.15) is 0 Å². The second-order valence-corrected chi connectivity index (χ2v) is 5.79. The summed E-state index contributed by atoms with van der Waals surface area (Å²) in [5, 5.41) is 13.7. The van der Waals surface area contributed by atoms with Crippen LogP contribution in [0.4, 0.5) is 0 Å². The Kier molecular flexibility index (Phi) is 5.02. The summed E-state index contributed by atoms with van der Waals surface area (Å²) < 4.78 is 5.42. The third-order valence-electron chi connectivity index (χ3n) is 3.70. The third-order valence-corrected chi connectivity index (χ3v) is 3.95. The first-order valence-corrected chi connectivity index (χ1v) is 7.22. The number of hydrogen-bond acceptors (Lipinski definition) is 3. The molecule has 0 spiro atoms. The molecule has 0 bridgehead atoms. The van der Waals surface area contributed by atoms with Crippen molar-refractivity contribution >= 4 is 17.5 Å². The highest BCUT2D eigenvalue weighted by molar-refractivity contribution is 6.30. The third kappa shape index (κ3) is 3.51. The van der Waals surface area contributed by atoms with Crippen LogP contribution in [-0.4, -0.2) is 29.8 Å². The summed E-state index contributed by atoms with van der Waals surface area (Å²) in [7, 11) is 0. The van der Waals surface area contributed by atoms with E-state index >= 15 is 0 Å². The number of aliphatic hydroxyl groups excluding tert-OH is 1. The van der Waals surface area contributed by atoms with Crippen LogP contribution in [0.1, 0.15) is 31.9 Å². The predicted octanol–water partition coefficient (Wildman–Crippen LogP) is 2.30. The summed E-state index contributed by atoms with van der Waals surface area (Å²) in [5.41, 5.74) is 0.725. The minimum Gasteiger partial charge on any atom is -0.386 e. The zero-order valence-electron chi connectivity index (χ0n) is 11.7. The van der Waals surface area contributed by atoms with Crippen molar-refractivity contribution in [2.45, 2.75) is 38.5 Å². The first-order chi connectivity index (χ1) is 9.49. The molecule has 1 aromatic rings. The Morgan fingerprint density at radius 2 is 2.10 bits per heavy atom. The number of carbonyl (C=O) groups is 1. The van der Waals surface area contributed by atoms with Crippen molar-refractivity contribution in [2.24, 2.45) is 5.92 Å². The topological polar surface area (TPSA) is 58.6 Å². The Balaban J connectivity index is 1.95. The molecule has 1 aliphatic heterocycles. The quantitative estimate of drug-likeness (QED) is 0.896. The van der Waals surface area contributed by atoms with E-state index in [1.807, 2.05) is 6.92 Å². The SMILES string of the molecule is CC1CCOC1C(=O)NC(C)C(O)c1ccc(Cl)cc1. The number of nitrogens with one attached hydrogen (secondary N) is 1. The fourth-order valence-corrected chi connectivity index (χ4v) is 2.49. The van der Waals surface area contributed by atoms with Gasteiger partial charge in [0.05, 0.1) is 12.1 Å². The van der Waals surface area contributed by atoms with Crippen LogP contribution in [0.15, 0.2) is 24.3 Å². The second kappa shape index (κ2) is 6.57. The van der Waals surface area contributed by atoms with Crippen molar-refractivity contribution in [1.82, 2.24) is 5.32 Å². The van der Waals surface area contributed by atoms with Crippen LogP contribution in [0, 0.1) is 5.92 Å². The number of halogens is 1. The van der Waals surface area contributed by atoms with Crippen molar-refractivity contribution in [3.8, 4) is 0 Å². The van der Waals surface area contributed by atoms with E-state index in [1.165, 1.54) is 0 Å². The maximum Gasteiger partial charge on any atom is 0.249 e. The number of ether oxygens (including phenoxy) is 1. The van der Waals surface area contributed by atoms with Crippen molar-refractivity contribution in [2.75, 3.05) is 6.61 Å². The van der Waals surface area contributed by atoms with Crippen molar-refractivity contribution < 1.29 is 14.6 Å². The predicted molar refractivity (Wildman–Crippen MR) is 77.5 cm³/mol. The van der Waals surface area contributed by atoms with E-state index < -0.39 is 12.2 Å². The molecule has 5 heteroatoms. The van der Waals surface area contributed by atoms with Gasteiger partial charge < -0.3 is 15.2 Å². The molecular formula is C15H20ClNO3. The van der Waals surface area contributed by atoms with Gasteiger partial charge >= 0.3 is 0 Å². The number of rotatable bonds is 4. The largest absolute Gasteiger partial charge is 0.386 e. The van der Waals surface area contributed by atoms with Crippen molar-refractivity contribution in [3.05, 3.63) is 34.9 Å². The van der Waals surface area contributed by atoms with E-state index in [-0.39, 0.29) is 17.9 Å². The molecule has 1 fully saturated rings. The molecule has 4 nitrogen and oxygen atoms in total. The highest BCUT2D eigenvalue weighted by atomic mass is 35.5. The van der Waals surface area contributed by atoms with Gasteiger partial charge in [0.2, 0.25) is 5.91 Å². The molecule has 0 aromatic heterocycles. The molecule has 0 saturated carbocycles. The summed E-state index contributed by atoms with van der Waals surface area (Å²) in [4.78, 5) is 12.1. The van der Waals surface area contributed by atoms with Crippen LogP contribution in [0.25, 0.3) is 0 Å². The average molecular weight is 298 g/mol. The second-order valence-electron chi connectivity index (χ2n) is 5.35. The Labute approximate surface area is 124 Å². The van der Waals surface area contributed by atoms with Gasteiger partial charge in [-0.25, -0.2) is 0 Å². The Bertz CT molecular complexity index is 463. The molecule has 1 aromatic carbocycles. The van der Waals surface area contributed by atoms with Crippen LogP contribution >= 0.6 is 11.6 Å². The number of carbonyl (C=O) groups excluding carboxylic acids is 1. The summed E-state index contributed by atoms with van der Waals surface area (Å²) in [6.07, 6.45) is -0.283. The number of amides is 1. The first kappa shape index (κ1) is 15.3. The minimum absolute atomic E-state index is 0.157. The smallest absolute Gasteiger partial charge is 0.249 e. The van der Waals surface area contributed by atoms with E-state index in [0.29, 0.717) is 11.6 Å². The van der Waals surface area contributed by atoms with E-state index in [1.54, 1.807) is 31.2 Å². The fraction of sp³-hybridized carbons (Fsp3) is 0.533. The van der Waals surface area contributed by atoms with E-state index in [4.69, 9.17) is 16.3 Å². The lowest BCUT2D eigenvalue weighted by molar-refractivity contribution is -0.133. The van der Waals surface area contributed by atoms with Gasteiger partial charge in [-0.15, -0.1) is 0 Å². The van der Waals surface area contributed by atoms with Gasteiger partial charge in [-0.1, -0.05) is 30.7 Å². The summed E-state index contributed by atoms with van der Waals surface area (Å²) in [6.45, 7) is 4.39. The van der Waals surface area contributed by atoms with Crippen LogP contribution in [0.2, 0.25) is 5.02 Å². The van der Waals surface area contributed by atoms with Crippen molar-refractivity contribution in [1.29, 1.82) is 0 Å². The molecule has 2 rings (SSSR count). The summed E-state index contributed by atoms with van der Waals surface area (Å²) in [5.74, 6) is 0.0605. The highest BCUT2D eigenvalue weighted by Gasteiger charge is 2.32. The normalized spacial score (nSPS) is 25.2. The first-order valence-electron chi connectivity index (χ1n) is 6.84. The monoisotopic (exact) mass is 297 g/mol. The molecule has 1 amide bonds. The van der Waals surface area contributed by atoms with E-state index in [9.17, 15) is 9.90 Å². The van der Waals surface area contributed by atoms with Gasteiger partial charge in [0.1, 0.15) is 6.10 Å². The standard InChI is InChI=1S/C15H20ClNO3/c1-9-7-8-20-14(9)15(19)17-10(2)13(18)11-3-5-12(16)6-4-11/h3-6,9-10,13-14,18H,7-8H2,1-2H3,(H,17,19). The molecule has 4 atom stereocenters. The molecular weight excluding hydrogens is 278 g/mol. The number of aliphatic hydroxyl groups is 1. The lowest BCUT2D eigenvalue weighted by Crippen LogP contribution is -2.44. The maximum atomic E-state index is 12.1. The molecule has 20 heavy (non-hydrogen) atoms. The van der Waals surface area contributed by atoms with Crippen LogP contribution in [0.3, 0.4) is 0 Å². The zero-order chi connectivity index (χ0) is 14.7. The van der Waals surface area contributed by atoms with Crippen LogP contribution < -0.4 is 5.32 Å². The van der Waals surface area contributed by atoms with Gasteiger partial charge in [-0.05, 0) is 37.0 Å². The Hall–Kier alpha value is -1.10. The Morgan fingerprint density at radius 3 is 2.65 bits per heavy atom. The van der Waals surface area contributed by atoms with Crippen molar-refractivity contribution in [3.63, 3.8) is 0 Å². The summed E-state index contributed by atoms with van der Waals surface area (Å²) in [6, 6.07) is 6.56. The van der Waals surface area contributed by atoms with Gasteiger partial charge in [0.25, 0.3) is 0 Å². The maximum absolute atomic E-state index is 12.1. The molecule has 1 heterocycles. The van der Waals surface area contributed by atoms with Gasteiger partial charge in [0.15, 0.2) is 0 Å². The molecule has 0 radical (unpaired) electrons. The molecule has 1 saturated heterocycles. The highest BCUT2D eigenvalue weighted by Crippen LogP contribution is 2.22. The molecule has 1 aliphatic rings. The van der Waals surface area contributed by atoms with Gasteiger partial charge in [-0.3, -0.25) is 4.79 Å². The molecule has 110 valence electrons. The lowest BCUT2D eigenvalue weighted by atomic mass is 10.0. The number of benzene rings is 1.